The summed E-state index contributed by atoms with van der Waals surface area (Å²) >= 11 is 0. The summed E-state index contributed by atoms with van der Waals surface area (Å²) < 4.78 is 10.3. The monoisotopic (exact) mass is 351 g/mol. The molecule has 0 bridgehead atoms. The third-order valence-corrected chi connectivity index (χ3v) is 3.85. The molecule has 0 aliphatic rings. The Morgan fingerprint density at radius 2 is 1.68 bits per heavy atom. The lowest BCUT2D eigenvalue weighted by Gasteiger charge is -2.31. The number of esters is 2. The molecule has 25 heavy (non-hydrogen) atoms. The number of carbonyl (C=O) groups excluding carboxylic acids is 2. The predicted molar refractivity (Wildman–Crippen MR) is 92.2 cm³/mol. The zero-order valence-electron chi connectivity index (χ0n) is 15.3. The molecule has 0 aliphatic heterocycles. The first kappa shape index (κ1) is 20.6. The number of hydrogen-bond acceptors (Lipinski definition) is 6. The first-order valence-electron chi connectivity index (χ1n) is 8.30. The molecule has 0 N–H and O–H groups in total. The maximum absolute atomic E-state index is 12.8. The predicted octanol–water partition coefficient (Wildman–Crippen LogP) is 3.31. The summed E-state index contributed by atoms with van der Waals surface area (Å²) in [4.78, 5) is 36.1. The Labute approximate surface area is 147 Å². The van der Waals surface area contributed by atoms with E-state index in [0.29, 0.717) is 11.1 Å². The summed E-state index contributed by atoms with van der Waals surface area (Å²) in [5.74, 6) is -1.41. The van der Waals surface area contributed by atoms with Crippen LogP contribution in [0.2, 0.25) is 0 Å². The van der Waals surface area contributed by atoms with E-state index in [9.17, 15) is 19.7 Å². The van der Waals surface area contributed by atoms with Crippen molar-refractivity contribution in [3.8, 4) is 0 Å². The lowest BCUT2D eigenvalue weighted by molar-refractivity contribution is -0.385. The fourth-order valence-electron chi connectivity index (χ4n) is 2.85. The summed E-state index contributed by atoms with van der Waals surface area (Å²) in [5.41, 5.74) is -1.000. The van der Waals surface area contributed by atoms with E-state index >= 15 is 0 Å². The molecule has 0 spiro atoms. The molecule has 0 aromatic heterocycles. The lowest BCUT2D eigenvalue weighted by Crippen LogP contribution is -2.47. The average molecular weight is 351 g/mol. The third-order valence-electron chi connectivity index (χ3n) is 3.85. The maximum atomic E-state index is 12.8. The van der Waals surface area contributed by atoms with Gasteiger partial charge in [0.1, 0.15) is 0 Å². The minimum absolute atomic E-state index is 0.00990. The van der Waals surface area contributed by atoms with Crippen molar-refractivity contribution < 1.29 is 24.0 Å². The van der Waals surface area contributed by atoms with Crippen molar-refractivity contribution in [1.29, 1.82) is 0 Å². The minimum atomic E-state index is -1.64. The number of ether oxygens (including phenoxy) is 2. The van der Waals surface area contributed by atoms with Gasteiger partial charge in [0.15, 0.2) is 5.41 Å². The molecule has 0 heterocycles. The number of nitro benzene ring substituents is 1. The van der Waals surface area contributed by atoms with Crippen molar-refractivity contribution in [3.05, 3.63) is 39.4 Å². The second kappa shape index (κ2) is 8.60. The van der Waals surface area contributed by atoms with Gasteiger partial charge in [-0.05, 0) is 44.7 Å². The smallest absolute Gasteiger partial charge is 0.328 e. The topological polar surface area (TPSA) is 95.7 Å². The van der Waals surface area contributed by atoms with Gasteiger partial charge in [0.05, 0.1) is 18.1 Å². The molecule has 0 atom stereocenters. The summed E-state index contributed by atoms with van der Waals surface area (Å²) in [6.45, 7) is 8.87. The van der Waals surface area contributed by atoms with E-state index in [4.69, 9.17) is 9.47 Å². The Morgan fingerprint density at radius 1 is 1.16 bits per heavy atom. The highest BCUT2D eigenvalue weighted by Gasteiger charge is 2.51. The highest BCUT2D eigenvalue weighted by Crippen LogP contribution is 2.36. The van der Waals surface area contributed by atoms with E-state index < -0.39 is 22.3 Å². The molecular weight excluding hydrogens is 326 g/mol. The van der Waals surface area contributed by atoms with Crippen LogP contribution >= 0.6 is 0 Å². The third kappa shape index (κ3) is 4.35. The van der Waals surface area contributed by atoms with Gasteiger partial charge in [0, 0.05) is 11.6 Å². The first-order chi connectivity index (χ1) is 11.7. The molecule has 138 valence electrons. The molecule has 0 unspecified atom stereocenters. The van der Waals surface area contributed by atoms with Crippen molar-refractivity contribution in [2.75, 3.05) is 13.2 Å². The highest BCUT2D eigenvalue weighted by molar-refractivity contribution is 6.06. The number of carbonyl (C=O) groups is 2. The summed E-state index contributed by atoms with van der Waals surface area (Å²) in [6, 6.07) is 4.23. The number of benzene rings is 1. The number of aryl methyl sites for hydroxylation is 1. The van der Waals surface area contributed by atoms with Crippen LogP contribution in [0.3, 0.4) is 0 Å². The standard InChI is InChI=1S/C18H25NO6/c1-6-24-16(20)18(11-12(3)4,17(21)25-7-2)14-8-9-15(19(22)23)13(5)10-14/h8-10,12H,6-7,11H2,1-5H3. The fourth-order valence-corrected chi connectivity index (χ4v) is 2.85. The average Bonchev–Trinajstić information content (AvgIpc) is 2.52. The molecule has 0 radical (unpaired) electrons. The Balaban J connectivity index is 3.62. The van der Waals surface area contributed by atoms with Gasteiger partial charge in [0.25, 0.3) is 5.69 Å². The summed E-state index contributed by atoms with van der Waals surface area (Å²) in [6.07, 6.45) is 0.182. The molecule has 1 rings (SSSR count). The van der Waals surface area contributed by atoms with Crippen LogP contribution in [-0.4, -0.2) is 30.1 Å². The molecule has 7 nitrogen and oxygen atoms in total. The van der Waals surface area contributed by atoms with E-state index in [1.54, 1.807) is 20.8 Å². The van der Waals surface area contributed by atoms with Crippen LogP contribution in [0.1, 0.15) is 45.2 Å². The molecule has 7 heteroatoms. The molecular formula is C18H25NO6. The van der Waals surface area contributed by atoms with Gasteiger partial charge in [-0.1, -0.05) is 19.9 Å². The van der Waals surface area contributed by atoms with Crippen molar-refractivity contribution in [1.82, 2.24) is 0 Å². The Bertz CT molecular complexity index is 635. The van der Waals surface area contributed by atoms with Crippen molar-refractivity contribution in [3.63, 3.8) is 0 Å². The molecule has 0 saturated heterocycles. The second-order valence-corrected chi connectivity index (χ2v) is 6.20. The van der Waals surface area contributed by atoms with Gasteiger partial charge in [-0.25, -0.2) is 0 Å². The van der Waals surface area contributed by atoms with Gasteiger partial charge in [-0.3, -0.25) is 19.7 Å². The molecule has 0 amide bonds. The van der Waals surface area contributed by atoms with Crippen molar-refractivity contribution in [2.45, 2.75) is 46.5 Å². The van der Waals surface area contributed by atoms with Crippen LogP contribution in [-0.2, 0) is 24.5 Å². The highest BCUT2D eigenvalue weighted by atomic mass is 16.6. The van der Waals surface area contributed by atoms with Crippen molar-refractivity contribution >= 4 is 17.6 Å². The number of rotatable bonds is 8. The fraction of sp³-hybridized carbons (Fsp3) is 0.556. The molecule has 0 fully saturated rings. The van der Waals surface area contributed by atoms with Crippen LogP contribution in [0.5, 0.6) is 0 Å². The Kier molecular flexibility index (Phi) is 7.09. The molecule has 0 saturated carbocycles. The van der Waals surface area contributed by atoms with Gasteiger partial charge in [0.2, 0.25) is 0 Å². The van der Waals surface area contributed by atoms with E-state index in [2.05, 4.69) is 0 Å². The Hall–Kier alpha value is -2.44. The van der Waals surface area contributed by atoms with E-state index in [-0.39, 0.29) is 31.2 Å². The summed E-state index contributed by atoms with van der Waals surface area (Å²) in [7, 11) is 0. The van der Waals surface area contributed by atoms with Crippen LogP contribution in [0, 0.1) is 23.0 Å². The quantitative estimate of drug-likeness (QED) is 0.308. The van der Waals surface area contributed by atoms with Gasteiger partial charge in [-0.15, -0.1) is 0 Å². The van der Waals surface area contributed by atoms with Gasteiger partial charge in [-0.2, -0.15) is 0 Å². The van der Waals surface area contributed by atoms with E-state index in [1.165, 1.54) is 18.2 Å². The van der Waals surface area contributed by atoms with E-state index in [1.807, 2.05) is 13.8 Å². The Morgan fingerprint density at radius 3 is 2.04 bits per heavy atom. The normalized spacial score (nSPS) is 11.3. The molecule has 0 aliphatic carbocycles. The number of hydrogen-bond donors (Lipinski definition) is 0. The van der Waals surface area contributed by atoms with Gasteiger partial charge < -0.3 is 9.47 Å². The lowest BCUT2D eigenvalue weighted by atomic mass is 9.73. The minimum Gasteiger partial charge on any atom is -0.465 e. The maximum Gasteiger partial charge on any atom is 0.328 e. The zero-order valence-corrected chi connectivity index (χ0v) is 15.3. The van der Waals surface area contributed by atoms with Crippen LogP contribution < -0.4 is 0 Å². The molecule has 1 aromatic rings. The van der Waals surface area contributed by atoms with Crippen molar-refractivity contribution in [2.24, 2.45) is 5.92 Å². The zero-order chi connectivity index (χ0) is 19.2. The summed E-state index contributed by atoms with van der Waals surface area (Å²) in [5, 5.41) is 11.1. The largest absolute Gasteiger partial charge is 0.465 e. The SMILES string of the molecule is CCOC(=O)C(CC(C)C)(C(=O)OCC)c1ccc([N+](=O)[O-])c(C)c1. The van der Waals surface area contributed by atoms with Gasteiger partial charge >= 0.3 is 11.9 Å². The van der Waals surface area contributed by atoms with Crippen LogP contribution in [0.4, 0.5) is 5.69 Å². The van der Waals surface area contributed by atoms with E-state index in [0.717, 1.165) is 0 Å². The number of nitro groups is 1. The molecule has 1 aromatic carbocycles. The number of nitrogens with zero attached hydrogens (tertiary/aromatic N) is 1. The first-order valence-corrected chi connectivity index (χ1v) is 8.30. The van der Waals surface area contributed by atoms with Crippen LogP contribution in [0.25, 0.3) is 0 Å². The second-order valence-electron chi connectivity index (χ2n) is 6.20. The van der Waals surface area contributed by atoms with Crippen LogP contribution in [0.15, 0.2) is 18.2 Å².